The van der Waals surface area contributed by atoms with Crippen LogP contribution in [0.3, 0.4) is 0 Å². The van der Waals surface area contributed by atoms with E-state index in [2.05, 4.69) is 15.9 Å². The summed E-state index contributed by atoms with van der Waals surface area (Å²) in [6.07, 6.45) is 3.43. The first-order valence-electron chi connectivity index (χ1n) is 5.53. The van der Waals surface area contributed by atoms with Gasteiger partial charge in [0.2, 0.25) is 0 Å². The van der Waals surface area contributed by atoms with Crippen molar-refractivity contribution in [2.24, 2.45) is 0 Å². The van der Waals surface area contributed by atoms with Gasteiger partial charge in [-0.25, -0.2) is 0 Å². The predicted octanol–water partition coefficient (Wildman–Crippen LogP) is 2.66. The second-order valence-electron chi connectivity index (χ2n) is 4.06. The minimum atomic E-state index is 0.0823. The third kappa shape index (κ3) is 2.21. The summed E-state index contributed by atoms with van der Waals surface area (Å²) in [5, 5.41) is 0. The van der Waals surface area contributed by atoms with Crippen LogP contribution in [0.15, 0.2) is 22.7 Å². The highest BCUT2D eigenvalue weighted by Crippen LogP contribution is 2.25. The summed E-state index contributed by atoms with van der Waals surface area (Å²) in [6, 6.07) is 5.42. The lowest BCUT2D eigenvalue weighted by atomic mass is 10.1. The van der Waals surface area contributed by atoms with Crippen LogP contribution in [0.25, 0.3) is 0 Å². The normalized spacial score (nSPS) is 16.2. The van der Waals surface area contributed by atoms with Crippen molar-refractivity contribution in [2.45, 2.75) is 19.3 Å². The zero-order chi connectivity index (χ0) is 11.5. The van der Waals surface area contributed by atoms with Crippen LogP contribution in [0.4, 0.5) is 5.69 Å². The van der Waals surface area contributed by atoms with Crippen molar-refractivity contribution in [1.82, 2.24) is 4.90 Å². The Labute approximate surface area is 104 Å². The Balaban J connectivity index is 2.22. The van der Waals surface area contributed by atoms with E-state index in [-0.39, 0.29) is 5.91 Å². The number of piperidine rings is 1. The maximum Gasteiger partial charge on any atom is 0.255 e. The molecule has 1 amide bonds. The number of benzene rings is 1. The summed E-state index contributed by atoms with van der Waals surface area (Å²) in [4.78, 5) is 14.1. The fourth-order valence-electron chi connectivity index (χ4n) is 1.98. The molecule has 3 nitrogen and oxygen atoms in total. The fraction of sp³-hybridized carbons (Fsp3) is 0.417. The molecule has 2 N–H and O–H groups in total. The number of likely N-dealkylation sites (tertiary alicyclic amines) is 1. The lowest BCUT2D eigenvalue weighted by Gasteiger charge is -2.27. The van der Waals surface area contributed by atoms with E-state index in [0.717, 1.165) is 25.9 Å². The molecule has 0 spiro atoms. The predicted molar refractivity (Wildman–Crippen MR) is 68.3 cm³/mol. The number of carbonyl (C=O) groups is 1. The standard InChI is InChI=1S/C12H15BrN2O/c13-11-9(5-4-6-10(11)14)12(16)15-7-2-1-3-8-15/h4-6H,1-3,7-8,14H2. The Hall–Kier alpha value is -1.03. The van der Waals surface area contributed by atoms with Crippen LogP contribution in [0.1, 0.15) is 29.6 Å². The first kappa shape index (κ1) is 11.5. The quantitative estimate of drug-likeness (QED) is 0.805. The molecule has 0 atom stereocenters. The summed E-state index contributed by atoms with van der Waals surface area (Å²) < 4.78 is 0.713. The van der Waals surface area contributed by atoms with Gasteiger partial charge < -0.3 is 10.6 Å². The second-order valence-corrected chi connectivity index (χ2v) is 4.85. The van der Waals surface area contributed by atoms with Crippen LogP contribution in [-0.2, 0) is 0 Å². The molecule has 0 aromatic heterocycles. The molecular formula is C12H15BrN2O. The molecule has 1 aromatic rings. The first-order chi connectivity index (χ1) is 7.70. The second kappa shape index (κ2) is 4.87. The highest BCUT2D eigenvalue weighted by atomic mass is 79.9. The van der Waals surface area contributed by atoms with Gasteiger partial charge in [0.05, 0.1) is 10.0 Å². The number of rotatable bonds is 1. The maximum absolute atomic E-state index is 12.2. The highest BCUT2D eigenvalue weighted by molar-refractivity contribution is 9.10. The topological polar surface area (TPSA) is 46.3 Å². The molecule has 0 radical (unpaired) electrons. The van der Waals surface area contributed by atoms with E-state index >= 15 is 0 Å². The van der Waals surface area contributed by atoms with Crippen molar-refractivity contribution in [2.75, 3.05) is 18.8 Å². The number of amides is 1. The lowest BCUT2D eigenvalue weighted by Crippen LogP contribution is -2.35. The van der Waals surface area contributed by atoms with Crippen molar-refractivity contribution in [3.8, 4) is 0 Å². The lowest BCUT2D eigenvalue weighted by molar-refractivity contribution is 0.0723. The van der Waals surface area contributed by atoms with Crippen LogP contribution in [0.5, 0.6) is 0 Å². The van der Waals surface area contributed by atoms with Crippen LogP contribution in [0, 0.1) is 0 Å². The minimum Gasteiger partial charge on any atom is -0.398 e. The molecule has 1 aliphatic rings. The zero-order valence-electron chi connectivity index (χ0n) is 9.08. The molecule has 0 aliphatic carbocycles. The van der Waals surface area contributed by atoms with Crippen LogP contribution in [-0.4, -0.2) is 23.9 Å². The van der Waals surface area contributed by atoms with E-state index in [4.69, 9.17) is 5.73 Å². The van der Waals surface area contributed by atoms with Crippen molar-refractivity contribution in [3.63, 3.8) is 0 Å². The van der Waals surface area contributed by atoms with Gasteiger partial charge in [0.15, 0.2) is 0 Å². The first-order valence-corrected chi connectivity index (χ1v) is 6.32. The highest BCUT2D eigenvalue weighted by Gasteiger charge is 2.20. The van der Waals surface area contributed by atoms with Gasteiger partial charge in [-0.1, -0.05) is 6.07 Å². The summed E-state index contributed by atoms with van der Waals surface area (Å²) in [6.45, 7) is 1.72. The van der Waals surface area contributed by atoms with Crippen LogP contribution >= 0.6 is 15.9 Å². The Morgan fingerprint density at radius 2 is 1.94 bits per heavy atom. The number of nitrogens with zero attached hydrogens (tertiary/aromatic N) is 1. The average molecular weight is 283 g/mol. The van der Waals surface area contributed by atoms with E-state index in [1.54, 1.807) is 6.07 Å². The molecule has 0 bridgehead atoms. The number of hydrogen-bond donors (Lipinski definition) is 1. The molecule has 4 heteroatoms. The average Bonchev–Trinajstić information content (AvgIpc) is 2.33. The number of hydrogen-bond acceptors (Lipinski definition) is 2. The van der Waals surface area contributed by atoms with Gasteiger partial charge >= 0.3 is 0 Å². The Morgan fingerprint density at radius 3 is 2.62 bits per heavy atom. The minimum absolute atomic E-state index is 0.0823. The molecule has 86 valence electrons. The molecule has 0 saturated carbocycles. The molecule has 0 unspecified atom stereocenters. The van der Waals surface area contributed by atoms with E-state index in [0.29, 0.717) is 15.7 Å². The smallest absolute Gasteiger partial charge is 0.255 e. The summed E-state index contributed by atoms with van der Waals surface area (Å²) in [5.74, 6) is 0.0823. The molecular weight excluding hydrogens is 268 g/mol. The van der Waals surface area contributed by atoms with Crippen molar-refractivity contribution < 1.29 is 4.79 Å². The van der Waals surface area contributed by atoms with Crippen molar-refractivity contribution >= 4 is 27.5 Å². The van der Waals surface area contributed by atoms with E-state index in [9.17, 15) is 4.79 Å². The molecule has 1 aliphatic heterocycles. The molecule has 1 saturated heterocycles. The fourth-order valence-corrected chi connectivity index (χ4v) is 2.42. The Bertz CT molecular complexity index is 400. The van der Waals surface area contributed by atoms with Crippen molar-refractivity contribution in [3.05, 3.63) is 28.2 Å². The van der Waals surface area contributed by atoms with Gasteiger partial charge in [-0.15, -0.1) is 0 Å². The third-order valence-corrected chi connectivity index (χ3v) is 3.79. The summed E-state index contributed by atoms with van der Waals surface area (Å²) in [5.41, 5.74) is 7.05. The number of nitrogens with two attached hydrogens (primary N) is 1. The monoisotopic (exact) mass is 282 g/mol. The number of halogens is 1. The molecule has 1 aromatic carbocycles. The molecule has 1 fully saturated rings. The number of carbonyl (C=O) groups excluding carboxylic acids is 1. The number of nitrogen functional groups attached to an aromatic ring is 1. The third-order valence-electron chi connectivity index (χ3n) is 2.90. The summed E-state index contributed by atoms with van der Waals surface area (Å²) >= 11 is 3.37. The van der Waals surface area contributed by atoms with Crippen molar-refractivity contribution in [1.29, 1.82) is 0 Å². The molecule has 2 rings (SSSR count). The van der Waals surface area contributed by atoms with Gasteiger partial charge in [-0.05, 0) is 47.3 Å². The Kier molecular flexibility index (Phi) is 3.49. The van der Waals surface area contributed by atoms with E-state index in [1.807, 2.05) is 17.0 Å². The zero-order valence-corrected chi connectivity index (χ0v) is 10.7. The van der Waals surface area contributed by atoms with E-state index in [1.165, 1.54) is 6.42 Å². The van der Waals surface area contributed by atoms with Gasteiger partial charge in [-0.2, -0.15) is 0 Å². The SMILES string of the molecule is Nc1cccc(C(=O)N2CCCCC2)c1Br. The summed E-state index contributed by atoms with van der Waals surface area (Å²) in [7, 11) is 0. The van der Waals surface area contributed by atoms with Gasteiger partial charge in [0.25, 0.3) is 5.91 Å². The number of anilines is 1. The molecule has 1 heterocycles. The van der Waals surface area contributed by atoms with Gasteiger partial charge in [-0.3, -0.25) is 4.79 Å². The van der Waals surface area contributed by atoms with E-state index < -0.39 is 0 Å². The van der Waals surface area contributed by atoms with Crippen LogP contribution < -0.4 is 5.73 Å². The van der Waals surface area contributed by atoms with Gasteiger partial charge in [0.1, 0.15) is 0 Å². The maximum atomic E-state index is 12.2. The van der Waals surface area contributed by atoms with Gasteiger partial charge in [0, 0.05) is 18.8 Å². The molecule has 16 heavy (non-hydrogen) atoms. The Morgan fingerprint density at radius 1 is 1.25 bits per heavy atom. The van der Waals surface area contributed by atoms with Crippen LogP contribution in [0.2, 0.25) is 0 Å². The largest absolute Gasteiger partial charge is 0.398 e.